The minimum atomic E-state index is -0.612. The van der Waals surface area contributed by atoms with Crippen molar-refractivity contribution in [3.05, 3.63) is 97.2 Å². The molecule has 0 fully saturated rings. The van der Waals surface area contributed by atoms with Crippen LogP contribution in [0.4, 0.5) is 4.39 Å². The van der Waals surface area contributed by atoms with Crippen molar-refractivity contribution in [2.75, 3.05) is 7.11 Å². The van der Waals surface area contributed by atoms with Crippen LogP contribution in [0.25, 0.3) is 11.3 Å². The third-order valence-electron chi connectivity index (χ3n) is 4.99. The van der Waals surface area contributed by atoms with Crippen LogP contribution in [-0.4, -0.2) is 31.8 Å². The number of methoxy groups -OCH3 is 1. The number of carbonyl (C=O) groups is 1. The first kappa shape index (κ1) is 20.5. The maximum Gasteiger partial charge on any atom is 0.350 e. The smallest absolute Gasteiger partial charge is 0.350 e. The van der Waals surface area contributed by atoms with Gasteiger partial charge in [0.1, 0.15) is 5.82 Å². The molecule has 0 saturated carbocycles. The predicted octanol–water partition coefficient (Wildman–Crippen LogP) is 2.58. The van der Waals surface area contributed by atoms with Gasteiger partial charge < -0.3 is 4.74 Å². The van der Waals surface area contributed by atoms with Gasteiger partial charge >= 0.3 is 17.2 Å². The third-order valence-corrected chi connectivity index (χ3v) is 5.34. The number of carbonyl (C=O) groups excluding carboxylic acids is 1. The molecule has 4 rings (SSSR count). The lowest BCUT2D eigenvalue weighted by atomic mass is 10.1. The SMILES string of the molecule is COC(=O)c1cccc(-n2ccn3c(=O)n(Cc4c(F)cccc4Cl)nc3c2=O)c1C. The van der Waals surface area contributed by atoms with Gasteiger partial charge in [-0.25, -0.2) is 23.1 Å². The average Bonchev–Trinajstić information content (AvgIpc) is 3.07. The number of aromatic nitrogens is 4. The molecule has 2 aromatic carbocycles. The number of hydrogen-bond donors (Lipinski definition) is 0. The van der Waals surface area contributed by atoms with Crippen molar-refractivity contribution in [3.8, 4) is 5.69 Å². The molecule has 31 heavy (non-hydrogen) atoms. The van der Waals surface area contributed by atoms with Crippen molar-refractivity contribution >= 4 is 23.2 Å². The van der Waals surface area contributed by atoms with Gasteiger partial charge in [0.25, 0.3) is 0 Å². The molecule has 8 nitrogen and oxygen atoms in total. The molecule has 0 unspecified atom stereocenters. The monoisotopic (exact) mass is 442 g/mol. The molecule has 2 aromatic heterocycles. The standard InChI is InChI=1S/C21H16ClFN4O4/c1-12-13(20(29)31-2)5-3-8-17(12)25-9-10-26-18(19(25)28)24-27(21(26)30)11-14-15(22)6-4-7-16(14)23/h3-10H,11H2,1-2H3. The second-order valence-corrected chi connectivity index (χ2v) is 7.16. The summed E-state index contributed by atoms with van der Waals surface area (Å²) in [5.41, 5.74) is 0.0281. The van der Waals surface area contributed by atoms with E-state index in [-0.39, 0.29) is 22.8 Å². The van der Waals surface area contributed by atoms with Crippen molar-refractivity contribution < 1.29 is 13.9 Å². The molecule has 4 aromatic rings. The Hall–Kier alpha value is -3.72. The zero-order valence-corrected chi connectivity index (χ0v) is 17.3. The summed E-state index contributed by atoms with van der Waals surface area (Å²) in [6.07, 6.45) is 2.79. The van der Waals surface area contributed by atoms with E-state index in [1.165, 1.54) is 42.3 Å². The Morgan fingerprint density at radius 3 is 2.61 bits per heavy atom. The van der Waals surface area contributed by atoms with Crippen molar-refractivity contribution in [1.82, 2.24) is 18.7 Å². The molecule has 2 heterocycles. The Bertz CT molecular complexity index is 1430. The van der Waals surface area contributed by atoms with Crippen LogP contribution in [0, 0.1) is 12.7 Å². The summed E-state index contributed by atoms with van der Waals surface area (Å²) in [7, 11) is 1.27. The summed E-state index contributed by atoms with van der Waals surface area (Å²) in [6.45, 7) is 1.45. The summed E-state index contributed by atoms with van der Waals surface area (Å²) < 4.78 is 22.2. The lowest BCUT2D eigenvalue weighted by Crippen LogP contribution is -2.25. The number of nitrogens with zero attached hydrogens (tertiary/aromatic N) is 4. The molecule has 0 amide bonds. The second-order valence-electron chi connectivity index (χ2n) is 6.75. The topological polar surface area (TPSA) is 87.6 Å². The maximum atomic E-state index is 14.1. The van der Waals surface area contributed by atoms with Crippen LogP contribution in [0.1, 0.15) is 21.5 Å². The molecule has 0 aliphatic carbocycles. The summed E-state index contributed by atoms with van der Waals surface area (Å²) in [5.74, 6) is -1.11. The Labute approximate surface area is 179 Å². The first-order chi connectivity index (χ1) is 14.8. The van der Waals surface area contributed by atoms with Gasteiger partial charge in [-0.2, -0.15) is 0 Å². The van der Waals surface area contributed by atoms with Crippen LogP contribution >= 0.6 is 11.6 Å². The number of hydrogen-bond acceptors (Lipinski definition) is 5. The summed E-state index contributed by atoms with van der Waals surface area (Å²) in [6, 6.07) is 9.06. The van der Waals surface area contributed by atoms with E-state index in [1.54, 1.807) is 25.1 Å². The van der Waals surface area contributed by atoms with E-state index in [4.69, 9.17) is 16.3 Å². The molecule has 10 heteroatoms. The van der Waals surface area contributed by atoms with Crippen LogP contribution in [0.5, 0.6) is 0 Å². The van der Waals surface area contributed by atoms with Gasteiger partial charge in [-0.3, -0.25) is 9.36 Å². The lowest BCUT2D eigenvalue weighted by molar-refractivity contribution is 0.0600. The van der Waals surface area contributed by atoms with Gasteiger partial charge in [0.15, 0.2) is 0 Å². The molecule has 0 spiro atoms. The van der Waals surface area contributed by atoms with Crippen molar-refractivity contribution in [3.63, 3.8) is 0 Å². The van der Waals surface area contributed by atoms with E-state index < -0.39 is 23.0 Å². The summed E-state index contributed by atoms with van der Waals surface area (Å²) in [4.78, 5) is 37.8. The Morgan fingerprint density at radius 1 is 1.16 bits per heavy atom. The number of fused-ring (bicyclic) bond motifs is 1. The second kappa shape index (κ2) is 7.84. The first-order valence-corrected chi connectivity index (χ1v) is 9.53. The lowest BCUT2D eigenvalue weighted by Gasteiger charge is -2.11. The van der Waals surface area contributed by atoms with Gasteiger partial charge in [-0.05, 0) is 36.8 Å². The fourth-order valence-corrected chi connectivity index (χ4v) is 3.57. The van der Waals surface area contributed by atoms with Crippen LogP contribution in [0.3, 0.4) is 0 Å². The van der Waals surface area contributed by atoms with E-state index in [9.17, 15) is 18.8 Å². The van der Waals surface area contributed by atoms with Gasteiger partial charge in [-0.1, -0.05) is 23.7 Å². The highest BCUT2D eigenvalue weighted by Crippen LogP contribution is 2.20. The molecule has 0 bridgehead atoms. The van der Waals surface area contributed by atoms with Gasteiger partial charge in [0, 0.05) is 23.0 Å². The fourth-order valence-electron chi connectivity index (χ4n) is 3.35. The van der Waals surface area contributed by atoms with E-state index in [0.29, 0.717) is 16.8 Å². The number of rotatable bonds is 4. The predicted molar refractivity (Wildman–Crippen MR) is 112 cm³/mol. The van der Waals surface area contributed by atoms with E-state index >= 15 is 0 Å². The van der Waals surface area contributed by atoms with Crippen molar-refractivity contribution in [1.29, 1.82) is 0 Å². The van der Waals surface area contributed by atoms with E-state index in [1.807, 2.05) is 0 Å². The minimum Gasteiger partial charge on any atom is -0.465 e. The average molecular weight is 443 g/mol. The van der Waals surface area contributed by atoms with E-state index in [0.717, 1.165) is 9.08 Å². The Balaban J connectivity index is 1.86. The Morgan fingerprint density at radius 2 is 1.90 bits per heavy atom. The summed E-state index contributed by atoms with van der Waals surface area (Å²) >= 11 is 6.04. The first-order valence-electron chi connectivity index (χ1n) is 9.15. The molecule has 0 aliphatic rings. The quantitative estimate of drug-likeness (QED) is 0.453. The molecular formula is C21H16ClFN4O4. The molecule has 0 atom stereocenters. The maximum absolute atomic E-state index is 14.1. The van der Waals surface area contributed by atoms with Crippen LogP contribution in [-0.2, 0) is 11.3 Å². The zero-order chi connectivity index (χ0) is 22.3. The highest BCUT2D eigenvalue weighted by atomic mass is 35.5. The Kier molecular flexibility index (Phi) is 5.20. The number of ether oxygens (including phenoxy) is 1. The van der Waals surface area contributed by atoms with Gasteiger partial charge in [-0.15, -0.1) is 5.10 Å². The molecule has 0 aliphatic heterocycles. The van der Waals surface area contributed by atoms with Crippen molar-refractivity contribution in [2.45, 2.75) is 13.5 Å². The summed E-state index contributed by atoms with van der Waals surface area (Å²) in [5, 5.41) is 4.25. The van der Waals surface area contributed by atoms with Crippen molar-refractivity contribution in [2.24, 2.45) is 0 Å². The molecule has 0 N–H and O–H groups in total. The minimum absolute atomic E-state index is 0.0941. The molecular weight excluding hydrogens is 427 g/mol. The zero-order valence-electron chi connectivity index (χ0n) is 16.5. The molecule has 0 saturated heterocycles. The number of benzene rings is 2. The number of esters is 1. The highest BCUT2D eigenvalue weighted by molar-refractivity contribution is 6.31. The molecule has 158 valence electrons. The fraction of sp³-hybridized carbons (Fsp3) is 0.143. The van der Waals surface area contributed by atoms with Crippen LogP contribution in [0.2, 0.25) is 5.02 Å². The largest absolute Gasteiger partial charge is 0.465 e. The third kappa shape index (κ3) is 3.42. The van der Waals surface area contributed by atoms with Crippen LogP contribution in [0.15, 0.2) is 58.4 Å². The normalized spacial score (nSPS) is 11.1. The van der Waals surface area contributed by atoms with Crippen LogP contribution < -0.4 is 11.2 Å². The van der Waals surface area contributed by atoms with Gasteiger partial charge in [0.2, 0.25) is 5.65 Å². The highest BCUT2D eigenvalue weighted by Gasteiger charge is 2.18. The number of halogens is 2. The van der Waals surface area contributed by atoms with Gasteiger partial charge in [0.05, 0.1) is 24.9 Å². The molecule has 0 radical (unpaired) electrons. The van der Waals surface area contributed by atoms with E-state index in [2.05, 4.69) is 5.10 Å².